The maximum absolute atomic E-state index is 13.7. The summed E-state index contributed by atoms with van der Waals surface area (Å²) >= 11 is 1.45. The normalized spacial score (nSPS) is 18.7. The molecule has 0 aliphatic carbocycles. The largest absolute Gasteiger partial charge is 0.497 e. The van der Waals surface area contributed by atoms with E-state index in [2.05, 4.69) is 0 Å². The highest BCUT2D eigenvalue weighted by Gasteiger charge is 2.44. The number of amidine groups is 1. The molecule has 3 aliphatic heterocycles. The van der Waals surface area contributed by atoms with Crippen molar-refractivity contribution in [2.24, 2.45) is 4.99 Å². The van der Waals surface area contributed by atoms with Gasteiger partial charge in [0.2, 0.25) is 5.91 Å². The van der Waals surface area contributed by atoms with E-state index in [1.54, 1.807) is 21.1 Å². The van der Waals surface area contributed by atoms with Crippen molar-refractivity contribution in [1.29, 1.82) is 0 Å². The van der Waals surface area contributed by atoms with Gasteiger partial charge in [0.25, 0.3) is 0 Å². The summed E-state index contributed by atoms with van der Waals surface area (Å²) < 4.78 is 16.9. The van der Waals surface area contributed by atoms with Crippen LogP contribution in [0.25, 0.3) is 5.70 Å². The summed E-state index contributed by atoms with van der Waals surface area (Å²) in [4.78, 5) is 35.8. The van der Waals surface area contributed by atoms with Gasteiger partial charge in [0.1, 0.15) is 11.5 Å². The van der Waals surface area contributed by atoms with Gasteiger partial charge < -0.3 is 24.0 Å². The second-order valence-electron chi connectivity index (χ2n) is 9.12. The van der Waals surface area contributed by atoms with E-state index < -0.39 is 12.0 Å². The summed E-state index contributed by atoms with van der Waals surface area (Å²) in [5.41, 5.74) is 3.23. The number of hydrogen-bond donors (Lipinski definition) is 0. The van der Waals surface area contributed by atoms with E-state index in [9.17, 15) is 9.59 Å². The topological polar surface area (TPSA) is 80.7 Å². The van der Waals surface area contributed by atoms with Gasteiger partial charge in [-0.15, -0.1) is 0 Å². The molecule has 0 bridgehead atoms. The van der Waals surface area contributed by atoms with Crippen molar-refractivity contribution in [2.45, 2.75) is 32.2 Å². The molecule has 0 radical (unpaired) electrons. The first-order valence-electron chi connectivity index (χ1n) is 12.8. The Kier molecular flexibility index (Phi) is 7.74. The number of rotatable bonds is 8. The average molecular weight is 534 g/mol. The number of ether oxygens (including phenoxy) is 3. The van der Waals surface area contributed by atoms with Gasteiger partial charge in [0.15, 0.2) is 5.17 Å². The molecular formula is C29H31N3O5S. The molecule has 198 valence electrons. The first kappa shape index (κ1) is 25.9. The molecule has 3 aliphatic rings. The van der Waals surface area contributed by atoms with Gasteiger partial charge in [-0.2, -0.15) is 0 Å². The van der Waals surface area contributed by atoms with Gasteiger partial charge in [-0.3, -0.25) is 4.79 Å². The Balaban J connectivity index is 1.69. The van der Waals surface area contributed by atoms with Gasteiger partial charge in [-0.25, -0.2) is 9.79 Å². The van der Waals surface area contributed by atoms with E-state index >= 15 is 0 Å². The lowest BCUT2D eigenvalue weighted by Crippen LogP contribution is -2.38. The molecule has 1 fully saturated rings. The predicted molar refractivity (Wildman–Crippen MR) is 148 cm³/mol. The molecule has 8 nitrogen and oxygen atoms in total. The third-order valence-electron chi connectivity index (χ3n) is 6.88. The number of fused-ring (bicyclic) bond motifs is 1. The number of likely N-dealkylation sites (tertiary alicyclic amines) is 1. The number of amides is 1. The quantitative estimate of drug-likeness (QED) is 0.442. The number of esters is 1. The molecule has 0 unspecified atom stereocenters. The Bertz CT molecular complexity index is 1310. The molecule has 0 saturated carbocycles. The number of hydrogen-bond acceptors (Lipinski definition) is 8. The van der Waals surface area contributed by atoms with Crippen LogP contribution in [0.2, 0.25) is 0 Å². The van der Waals surface area contributed by atoms with Crippen molar-refractivity contribution in [3.8, 4) is 11.5 Å². The second-order valence-corrected chi connectivity index (χ2v) is 9.95. The highest BCUT2D eigenvalue weighted by Crippen LogP contribution is 2.49. The van der Waals surface area contributed by atoms with Gasteiger partial charge in [0, 0.05) is 29.9 Å². The van der Waals surface area contributed by atoms with Gasteiger partial charge in [-0.05, 0) is 43.4 Å². The van der Waals surface area contributed by atoms with Crippen LogP contribution in [0.3, 0.4) is 0 Å². The number of methoxy groups -OCH3 is 2. The lowest BCUT2D eigenvalue weighted by atomic mass is 9.90. The zero-order chi connectivity index (χ0) is 26.6. The fourth-order valence-corrected chi connectivity index (χ4v) is 5.99. The standard InChI is InChI=1S/C29H31N3O5S/c1-4-37-28(34)25-26(19-10-6-5-7-11-19)30-29-32(20(18-38-29)16-24(33)31-14-8-9-15-31)27(25)22-17-21(35-2)12-13-23(22)36-3/h5-7,10-13,17-18,27H,4,8-9,14-16H2,1-3H3/t27-/m0/s1. The zero-order valence-corrected chi connectivity index (χ0v) is 22.6. The van der Waals surface area contributed by atoms with Crippen LogP contribution in [0.4, 0.5) is 0 Å². The predicted octanol–water partition coefficient (Wildman–Crippen LogP) is 4.99. The summed E-state index contributed by atoms with van der Waals surface area (Å²) in [6.45, 7) is 3.55. The fraction of sp³-hybridized carbons (Fsp3) is 0.345. The van der Waals surface area contributed by atoms with E-state index in [1.807, 2.05) is 63.7 Å². The molecule has 2 aromatic carbocycles. The molecule has 1 atom stereocenters. The summed E-state index contributed by atoms with van der Waals surface area (Å²) in [5.74, 6) is 0.821. The Morgan fingerprint density at radius 2 is 1.82 bits per heavy atom. The fourth-order valence-electron chi connectivity index (χ4n) is 5.07. The van der Waals surface area contributed by atoms with Crippen LogP contribution in [0.5, 0.6) is 11.5 Å². The maximum atomic E-state index is 13.7. The lowest BCUT2D eigenvalue weighted by Gasteiger charge is -2.37. The Morgan fingerprint density at radius 3 is 2.50 bits per heavy atom. The van der Waals surface area contributed by atoms with E-state index in [0.717, 1.165) is 42.8 Å². The van der Waals surface area contributed by atoms with Crippen LogP contribution >= 0.6 is 11.8 Å². The number of carbonyl (C=O) groups excluding carboxylic acids is 2. The Labute approximate surface area is 226 Å². The molecule has 0 N–H and O–H groups in total. The molecular weight excluding hydrogens is 502 g/mol. The molecule has 38 heavy (non-hydrogen) atoms. The van der Waals surface area contributed by atoms with Crippen molar-refractivity contribution in [3.63, 3.8) is 0 Å². The molecule has 2 aromatic rings. The zero-order valence-electron chi connectivity index (χ0n) is 21.8. The highest BCUT2D eigenvalue weighted by atomic mass is 32.2. The third kappa shape index (κ3) is 4.90. The SMILES string of the molecule is CCOC(=O)C1=C(c2ccccc2)N=C2SC=C(CC(=O)N3CCCC3)N2[C@H]1c1cc(OC)ccc1OC. The van der Waals surface area contributed by atoms with Gasteiger partial charge >= 0.3 is 5.97 Å². The highest BCUT2D eigenvalue weighted by molar-refractivity contribution is 8.16. The van der Waals surface area contributed by atoms with Crippen molar-refractivity contribution in [1.82, 2.24) is 9.80 Å². The van der Waals surface area contributed by atoms with Crippen LogP contribution in [-0.2, 0) is 14.3 Å². The second kappa shape index (κ2) is 11.3. The van der Waals surface area contributed by atoms with E-state index in [0.29, 0.717) is 27.9 Å². The number of thioether (sulfide) groups is 1. The minimum Gasteiger partial charge on any atom is -0.497 e. The van der Waals surface area contributed by atoms with Crippen LogP contribution in [0.15, 0.2) is 70.2 Å². The summed E-state index contributed by atoms with van der Waals surface area (Å²) in [5, 5.41) is 2.65. The smallest absolute Gasteiger partial charge is 0.338 e. The number of carbonyl (C=O) groups is 2. The van der Waals surface area contributed by atoms with E-state index in [1.165, 1.54) is 11.8 Å². The van der Waals surface area contributed by atoms with Crippen molar-refractivity contribution in [3.05, 3.63) is 76.3 Å². The Morgan fingerprint density at radius 1 is 1.05 bits per heavy atom. The number of aliphatic imine (C=N–C) groups is 1. The minimum atomic E-state index is -0.644. The maximum Gasteiger partial charge on any atom is 0.338 e. The van der Waals surface area contributed by atoms with Crippen LogP contribution in [0, 0.1) is 0 Å². The molecule has 9 heteroatoms. The number of benzene rings is 2. The molecule has 0 aromatic heterocycles. The van der Waals surface area contributed by atoms with E-state index in [-0.39, 0.29) is 18.9 Å². The first-order valence-corrected chi connectivity index (χ1v) is 13.6. The summed E-state index contributed by atoms with van der Waals surface area (Å²) in [7, 11) is 3.20. The molecule has 1 amide bonds. The number of nitrogens with zero attached hydrogens (tertiary/aromatic N) is 3. The Hall–Kier alpha value is -3.72. The van der Waals surface area contributed by atoms with Crippen LogP contribution in [0.1, 0.15) is 43.4 Å². The summed E-state index contributed by atoms with van der Waals surface area (Å²) in [6, 6.07) is 14.5. The van der Waals surface area contributed by atoms with Gasteiger partial charge in [-0.1, -0.05) is 42.1 Å². The lowest BCUT2D eigenvalue weighted by molar-refractivity contribution is -0.139. The minimum absolute atomic E-state index is 0.0717. The molecule has 5 rings (SSSR count). The van der Waals surface area contributed by atoms with Crippen molar-refractivity contribution < 1.29 is 23.8 Å². The van der Waals surface area contributed by atoms with E-state index in [4.69, 9.17) is 19.2 Å². The third-order valence-corrected chi connectivity index (χ3v) is 7.76. The van der Waals surface area contributed by atoms with Crippen molar-refractivity contribution >= 4 is 34.5 Å². The van der Waals surface area contributed by atoms with Crippen LogP contribution in [-0.4, -0.2) is 60.8 Å². The summed E-state index contributed by atoms with van der Waals surface area (Å²) in [6.07, 6.45) is 2.26. The average Bonchev–Trinajstić information content (AvgIpc) is 3.63. The van der Waals surface area contributed by atoms with Crippen LogP contribution < -0.4 is 9.47 Å². The monoisotopic (exact) mass is 533 g/mol. The first-order chi connectivity index (χ1) is 18.5. The van der Waals surface area contributed by atoms with Gasteiger partial charge in [0.05, 0.1) is 44.6 Å². The molecule has 1 saturated heterocycles. The molecule has 3 heterocycles. The molecule has 0 spiro atoms. The van der Waals surface area contributed by atoms with Crippen molar-refractivity contribution in [2.75, 3.05) is 33.9 Å².